The van der Waals surface area contributed by atoms with Crippen molar-refractivity contribution in [2.45, 2.75) is 38.5 Å². The first-order chi connectivity index (χ1) is 4.91. The summed E-state index contributed by atoms with van der Waals surface area (Å²) >= 11 is 0. The molecule has 10 heavy (non-hydrogen) atoms. The van der Waals surface area contributed by atoms with Gasteiger partial charge >= 0.3 is 0 Å². The molecular weight excluding hydrogens is 120 g/mol. The zero-order chi connectivity index (χ0) is 7.66. The van der Waals surface area contributed by atoms with E-state index in [4.69, 9.17) is 6.42 Å². The topological polar surface area (TPSA) is 0 Å². The van der Waals surface area contributed by atoms with Gasteiger partial charge in [0, 0.05) is 6.42 Å². The van der Waals surface area contributed by atoms with E-state index < -0.39 is 0 Å². The van der Waals surface area contributed by atoms with Crippen LogP contribution in [-0.4, -0.2) is 0 Å². The van der Waals surface area contributed by atoms with Crippen molar-refractivity contribution in [3.8, 4) is 12.3 Å². The molecule has 2 radical (unpaired) electrons. The fourth-order valence-corrected chi connectivity index (χ4v) is 0.869. The van der Waals surface area contributed by atoms with Crippen molar-refractivity contribution in [1.29, 1.82) is 0 Å². The van der Waals surface area contributed by atoms with Gasteiger partial charge in [0.05, 0.1) is 0 Å². The van der Waals surface area contributed by atoms with Gasteiger partial charge in [-0.1, -0.05) is 25.7 Å². The van der Waals surface area contributed by atoms with E-state index in [9.17, 15) is 0 Å². The smallest absolute Gasteiger partial charge is 0.00860 e. The lowest BCUT2D eigenvalue weighted by Gasteiger charge is -1.95. The second-order valence-corrected chi connectivity index (χ2v) is 2.45. The molecule has 56 valence electrons. The zero-order valence-electron chi connectivity index (χ0n) is 6.60. The van der Waals surface area contributed by atoms with Crippen LogP contribution < -0.4 is 0 Å². The number of rotatable bonds is 6. The normalized spacial score (nSPS) is 9.20. The van der Waals surface area contributed by atoms with Crippen LogP contribution in [0.4, 0.5) is 0 Å². The standard InChI is InChI=1S/C10H16/c1-3-5-7-9-10-8-6-4-2/h1,4H,2,5-10H2. The molecule has 0 fully saturated rings. The SMILES string of the molecule is C#CCCCCCC[CH][CH2]. The molecule has 0 aliphatic heterocycles. The van der Waals surface area contributed by atoms with Crippen molar-refractivity contribution in [3.63, 3.8) is 0 Å². The summed E-state index contributed by atoms with van der Waals surface area (Å²) in [6.45, 7) is 3.66. The van der Waals surface area contributed by atoms with E-state index in [0.29, 0.717) is 0 Å². The summed E-state index contributed by atoms with van der Waals surface area (Å²) in [5.41, 5.74) is 0. The molecule has 0 saturated carbocycles. The molecule has 0 atom stereocenters. The lowest BCUT2D eigenvalue weighted by Crippen LogP contribution is -1.77. The molecule has 0 aromatic carbocycles. The fraction of sp³-hybridized carbons (Fsp3) is 0.600. The Kier molecular flexibility index (Phi) is 8.18. The van der Waals surface area contributed by atoms with Gasteiger partial charge < -0.3 is 0 Å². The first kappa shape index (κ1) is 9.56. The van der Waals surface area contributed by atoms with Crippen LogP contribution in [0.3, 0.4) is 0 Å². The van der Waals surface area contributed by atoms with Gasteiger partial charge in [0.1, 0.15) is 0 Å². The van der Waals surface area contributed by atoms with Gasteiger partial charge in [0.2, 0.25) is 0 Å². The average molecular weight is 136 g/mol. The van der Waals surface area contributed by atoms with Gasteiger partial charge in [-0.2, -0.15) is 0 Å². The van der Waals surface area contributed by atoms with E-state index in [2.05, 4.69) is 12.8 Å². The van der Waals surface area contributed by atoms with E-state index in [1.165, 1.54) is 25.7 Å². The highest BCUT2D eigenvalue weighted by Crippen LogP contribution is 2.05. The third-order valence-corrected chi connectivity index (χ3v) is 1.48. The third-order valence-electron chi connectivity index (χ3n) is 1.48. The molecule has 0 saturated heterocycles. The predicted molar refractivity (Wildman–Crippen MR) is 46.2 cm³/mol. The van der Waals surface area contributed by atoms with E-state index in [-0.39, 0.29) is 0 Å². The van der Waals surface area contributed by atoms with Crippen molar-refractivity contribution in [2.75, 3.05) is 0 Å². The Morgan fingerprint density at radius 1 is 1.20 bits per heavy atom. The highest BCUT2D eigenvalue weighted by molar-refractivity contribution is 4.82. The number of hydrogen-bond donors (Lipinski definition) is 0. The monoisotopic (exact) mass is 136 g/mol. The Balaban J connectivity index is 2.72. The van der Waals surface area contributed by atoms with E-state index >= 15 is 0 Å². The molecule has 0 amide bonds. The predicted octanol–water partition coefficient (Wildman–Crippen LogP) is 3.00. The summed E-state index contributed by atoms with van der Waals surface area (Å²) in [7, 11) is 0. The van der Waals surface area contributed by atoms with Gasteiger partial charge in [-0.15, -0.1) is 12.3 Å². The van der Waals surface area contributed by atoms with Gasteiger partial charge in [-0.3, -0.25) is 0 Å². The molecular formula is C10H16. The highest BCUT2D eigenvalue weighted by atomic mass is 13.9. The van der Waals surface area contributed by atoms with Crippen LogP contribution in [0, 0.1) is 25.7 Å². The van der Waals surface area contributed by atoms with Crippen LogP contribution in [0.2, 0.25) is 0 Å². The van der Waals surface area contributed by atoms with Crippen molar-refractivity contribution < 1.29 is 0 Å². The minimum Gasteiger partial charge on any atom is -0.120 e. The fourth-order valence-electron chi connectivity index (χ4n) is 0.869. The van der Waals surface area contributed by atoms with E-state index in [1.807, 2.05) is 6.42 Å². The summed E-state index contributed by atoms with van der Waals surface area (Å²) in [5.74, 6) is 2.64. The lowest BCUT2D eigenvalue weighted by atomic mass is 10.1. The molecule has 0 N–H and O–H groups in total. The van der Waals surface area contributed by atoms with Crippen molar-refractivity contribution >= 4 is 0 Å². The summed E-state index contributed by atoms with van der Waals surface area (Å²) in [5, 5.41) is 0. The quantitative estimate of drug-likeness (QED) is 0.389. The summed E-state index contributed by atoms with van der Waals surface area (Å²) in [4.78, 5) is 0. The van der Waals surface area contributed by atoms with Crippen molar-refractivity contribution in [2.24, 2.45) is 0 Å². The van der Waals surface area contributed by atoms with Crippen LogP contribution in [0.1, 0.15) is 38.5 Å². The molecule has 0 aliphatic carbocycles. The summed E-state index contributed by atoms with van der Waals surface area (Å²) in [6.07, 6.45) is 14.2. The maximum absolute atomic E-state index is 5.10. The van der Waals surface area contributed by atoms with E-state index in [0.717, 1.165) is 12.8 Å². The Bertz CT molecular complexity index is 86.7. The molecule has 0 aliphatic rings. The average Bonchev–Trinajstić information content (AvgIpc) is 1.97. The molecule has 0 spiro atoms. The zero-order valence-corrected chi connectivity index (χ0v) is 6.60. The van der Waals surface area contributed by atoms with Crippen molar-refractivity contribution in [3.05, 3.63) is 13.3 Å². The van der Waals surface area contributed by atoms with Gasteiger partial charge in [-0.25, -0.2) is 0 Å². The Morgan fingerprint density at radius 3 is 2.50 bits per heavy atom. The molecule has 0 aromatic rings. The minimum absolute atomic E-state index is 0.939. The van der Waals surface area contributed by atoms with Crippen LogP contribution >= 0.6 is 0 Å². The van der Waals surface area contributed by atoms with Crippen LogP contribution in [0.5, 0.6) is 0 Å². The molecule has 0 heterocycles. The van der Waals surface area contributed by atoms with E-state index in [1.54, 1.807) is 0 Å². The van der Waals surface area contributed by atoms with Gasteiger partial charge in [0.15, 0.2) is 0 Å². The third kappa shape index (κ3) is 7.56. The van der Waals surface area contributed by atoms with Crippen molar-refractivity contribution in [1.82, 2.24) is 0 Å². The van der Waals surface area contributed by atoms with Crippen LogP contribution in [0.15, 0.2) is 0 Å². The molecule has 0 rings (SSSR count). The second-order valence-electron chi connectivity index (χ2n) is 2.45. The second kappa shape index (κ2) is 8.56. The first-order valence-corrected chi connectivity index (χ1v) is 3.96. The maximum atomic E-state index is 5.10. The van der Waals surface area contributed by atoms with Crippen LogP contribution in [-0.2, 0) is 0 Å². The molecule has 0 aromatic heterocycles. The summed E-state index contributed by atoms with van der Waals surface area (Å²) < 4.78 is 0. The lowest BCUT2D eigenvalue weighted by molar-refractivity contribution is 0.650. The number of unbranched alkanes of at least 4 members (excludes halogenated alkanes) is 6. The van der Waals surface area contributed by atoms with Gasteiger partial charge in [0.25, 0.3) is 0 Å². The molecule has 0 nitrogen and oxygen atoms in total. The number of terminal acetylenes is 1. The molecule has 0 heteroatoms. The Morgan fingerprint density at radius 2 is 1.90 bits per heavy atom. The van der Waals surface area contributed by atoms with Gasteiger partial charge in [-0.05, 0) is 19.8 Å². The molecule has 0 bridgehead atoms. The first-order valence-electron chi connectivity index (χ1n) is 3.96. The largest absolute Gasteiger partial charge is 0.120 e. The molecule has 0 unspecified atom stereocenters. The minimum atomic E-state index is 0.939. The highest BCUT2D eigenvalue weighted by Gasteiger charge is 1.86. The maximum Gasteiger partial charge on any atom is 0.00860 e. The number of hydrogen-bond acceptors (Lipinski definition) is 0. The van der Waals surface area contributed by atoms with Crippen LogP contribution in [0.25, 0.3) is 0 Å². The Labute approximate surface area is 65.0 Å². The summed E-state index contributed by atoms with van der Waals surface area (Å²) in [6, 6.07) is 0. The Hall–Kier alpha value is -0.440.